The quantitative estimate of drug-likeness (QED) is 0.382. The van der Waals surface area contributed by atoms with E-state index in [0.717, 1.165) is 10.6 Å². The van der Waals surface area contributed by atoms with Gasteiger partial charge in [0.15, 0.2) is 5.76 Å². The molecule has 2 aromatic carbocycles. The van der Waals surface area contributed by atoms with Gasteiger partial charge in [-0.25, -0.2) is 4.39 Å². The second-order valence-corrected chi connectivity index (χ2v) is 7.69. The zero-order valence-corrected chi connectivity index (χ0v) is 18.2. The molecule has 0 fully saturated rings. The monoisotopic (exact) mass is 463 g/mol. The summed E-state index contributed by atoms with van der Waals surface area (Å²) in [6.07, 6.45) is -2.39. The number of nitrogens with zero attached hydrogens (tertiary/aromatic N) is 3. The van der Waals surface area contributed by atoms with Crippen LogP contribution >= 0.6 is 0 Å². The lowest BCUT2D eigenvalue weighted by Gasteiger charge is -2.26. The molecule has 0 bridgehead atoms. The Balaban J connectivity index is 1.58. The van der Waals surface area contributed by atoms with Crippen LogP contribution in [0.4, 0.5) is 23.2 Å². The summed E-state index contributed by atoms with van der Waals surface area (Å²) in [4.78, 5) is 14.7. The second-order valence-electron chi connectivity index (χ2n) is 7.69. The van der Waals surface area contributed by atoms with Crippen LogP contribution < -0.4 is 4.90 Å². The third-order valence-electron chi connectivity index (χ3n) is 5.27. The molecule has 0 saturated carbocycles. The Morgan fingerprint density at radius 3 is 2.30 bits per heavy atom. The summed E-state index contributed by atoms with van der Waals surface area (Å²) in [6, 6.07) is 15.1. The third-order valence-corrected chi connectivity index (χ3v) is 5.27. The molecule has 0 radical (unpaired) electrons. The molecule has 0 aliphatic carbocycles. The molecule has 5 nitrogen and oxygen atoms in total. The molecule has 176 valence electrons. The van der Waals surface area contributed by atoms with Gasteiger partial charge in [-0.3, -0.25) is 4.79 Å². The molecule has 0 saturated heterocycles. The van der Waals surface area contributed by atoms with Crippen LogP contribution in [0.5, 0.6) is 0 Å². The predicted molar refractivity (Wildman–Crippen MR) is 117 cm³/mol. The largest absolute Gasteiger partial charge is 0.471 e. The van der Waals surface area contributed by atoms with E-state index < -0.39 is 12.1 Å². The van der Waals surface area contributed by atoms with E-state index in [2.05, 4.69) is 5.16 Å². The Bertz CT molecular complexity index is 1020. The van der Waals surface area contributed by atoms with Crippen molar-refractivity contribution in [3.8, 4) is 11.3 Å². The molecule has 0 N–H and O–H groups in total. The first-order valence-corrected chi connectivity index (χ1v) is 10.6. The van der Waals surface area contributed by atoms with Crippen molar-refractivity contribution in [3.05, 3.63) is 72.2 Å². The number of amides is 1. The molecule has 3 aromatic rings. The van der Waals surface area contributed by atoms with Crippen LogP contribution in [0.2, 0.25) is 0 Å². The average Bonchev–Trinajstić information content (AvgIpc) is 3.26. The van der Waals surface area contributed by atoms with E-state index in [9.17, 15) is 22.4 Å². The smallest absolute Gasteiger partial charge is 0.375 e. The number of hydrogen-bond donors (Lipinski definition) is 0. The van der Waals surface area contributed by atoms with Gasteiger partial charge in [0.1, 0.15) is 5.82 Å². The lowest BCUT2D eigenvalue weighted by atomic mass is 10.1. The molecule has 0 spiro atoms. The fourth-order valence-electron chi connectivity index (χ4n) is 3.54. The first-order valence-electron chi connectivity index (χ1n) is 10.6. The molecular weight excluding hydrogens is 438 g/mol. The highest BCUT2D eigenvalue weighted by atomic mass is 19.4. The van der Waals surface area contributed by atoms with Gasteiger partial charge in [-0.05, 0) is 55.7 Å². The minimum Gasteiger partial charge on any atom is -0.375 e. The van der Waals surface area contributed by atoms with E-state index in [-0.39, 0.29) is 18.9 Å². The van der Waals surface area contributed by atoms with Crippen LogP contribution in [0.1, 0.15) is 18.4 Å². The normalized spacial score (nSPS) is 11.4. The summed E-state index contributed by atoms with van der Waals surface area (Å²) in [5, 5.41) is 3.76. The Labute approximate surface area is 189 Å². The van der Waals surface area contributed by atoms with Crippen molar-refractivity contribution in [1.29, 1.82) is 0 Å². The number of aryl methyl sites for hydroxylation is 1. The Hall–Kier alpha value is -3.36. The summed E-state index contributed by atoms with van der Waals surface area (Å²) < 4.78 is 57.7. The molecule has 33 heavy (non-hydrogen) atoms. The summed E-state index contributed by atoms with van der Waals surface area (Å²) in [5.41, 5.74) is 2.26. The maximum Gasteiger partial charge on any atom is 0.471 e. The summed E-state index contributed by atoms with van der Waals surface area (Å²) in [5.74, 6) is -1.79. The van der Waals surface area contributed by atoms with Crippen LogP contribution in [-0.2, 0) is 11.2 Å². The van der Waals surface area contributed by atoms with Gasteiger partial charge >= 0.3 is 12.1 Å². The van der Waals surface area contributed by atoms with Gasteiger partial charge < -0.3 is 14.3 Å². The maximum atomic E-state index is 13.2. The van der Waals surface area contributed by atoms with Crippen LogP contribution in [0.15, 0.2) is 65.3 Å². The highest BCUT2D eigenvalue weighted by molar-refractivity contribution is 5.81. The molecule has 1 heterocycles. The summed E-state index contributed by atoms with van der Waals surface area (Å²) >= 11 is 0. The van der Waals surface area contributed by atoms with Gasteiger partial charge in [-0.15, -0.1) is 0 Å². The fourth-order valence-corrected chi connectivity index (χ4v) is 3.54. The predicted octanol–water partition coefficient (Wildman–Crippen LogP) is 5.33. The lowest BCUT2D eigenvalue weighted by Crippen LogP contribution is -2.43. The standard InChI is InChI=1S/C24H25F4N3O2/c1-30(21-8-3-2-4-9-21)14-6-16-31(23(32)24(26,27)28)15-5-7-19-17-29-33-22(19)18-10-12-20(25)13-11-18/h2-4,8-13,17H,5-7,14-16H2,1H3. The number of carbonyl (C=O) groups is 1. The van der Waals surface area contributed by atoms with Gasteiger partial charge in [0.05, 0.1) is 6.20 Å². The minimum absolute atomic E-state index is 0.00995. The first-order chi connectivity index (χ1) is 15.8. The highest BCUT2D eigenvalue weighted by Gasteiger charge is 2.42. The average molecular weight is 463 g/mol. The van der Waals surface area contributed by atoms with Gasteiger partial charge in [0.25, 0.3) is 0 Å². The van der Waals surface area contributed by atoms with E-state index in [1.54, 1.807) is 12.1 Å². The van der Waals surface area contributed by atoms with Gasteiger partial charge in [-0.2, -0.15) is 13.2 Å². The van der Waals surface area contributed by atoms with E-state index in [0.29, 0.717) is 42.7 Å². The molecule has 3 rings (SSSR count). The number of halogens is 4. The van der Waals surface area contributed by atoms with Crippen molar-refractivity contribution >= 4 is 11.6 Å². The first kappa shape index (κ1) is 24.3. The number of benzene rings is 2. The van der Waals surface area contributed by atoms with Gasteiger partial charge in [0.2, 0.25) is 0 Å². The fraction of sp³-hybridized carbons (Fsp3) is 0.333. The number of rotatable bonds is 10. The lowest BCUT2D eigenvalue weighted by molar-refractivity contribution is -0.185. The van der Waals surface area contributed by atoms with Gasteiger partial charge in [-0.1, -0.05) is 23.4 Å². The molecule has 9 heteroatoms. The topological polar surface area (TPSA) is 49.6 Å². The number of carbonyl (C=O) groups excluding carboxylic acids is 1. The van der Waals surface area contributed by atoms with E-state index in [1.165, 1.54) is 18.3 Å². The molecular formula is C24H25F4N3O2. The molecule has 1 aromatic heterocycles. The van der Waals surface area contributed by atoms with Crippen molar-refractivity contribution in [2.75, 3.05) is 31.6 Å². The number of aromatic nitrogens is 1. The maximum absolute atomic E-state index is 13.2. The zero-order chi connectivity index (χ0) is 23.8. The number of alkyl halides is 3. The Morgan fingerprint density at radius 1 is 0.970 bits per heavy atom. The zero-order valence-electron chi connectivity index (χ0n) is 18.2. The summed E-state index contributed by atoms with van der Waals surface area (Å²) in [6.45, 7) is 0.442. The molecule has 1 amide bonds. The highest BCUT2D eigenvalue weighted by Crippen LogP contribution is 2.25. The van der Waals surface area contributed by atoms with E-state index in [4.69, 9.17) is 4.52 Å². The van der Waals surface area contributed by atoms with E-state index in [1.807, 2.05) is 42.3 Å². The van der Waals surface area contributed by atoms with Crippen molar-refractivity contribution in [1.82, 2.24) is 10.1 Å². The second kappa shape index (κ2) is 11.0. The third kappa shape index (κ3) is 6.81. The number of hydrogen-bond acceptors (Lipinski definition) is 4. The Kier molecular flexibility index (Phi) is 8.08. The molecule has 0 atom stereocenters. The van der Waals surface area contributed by atoms with Crippen LogP contribution in [0.25, 0.3) is 11.3 Å². The molecule has 0 aliphatic heterocycles. The van der Waals surface area contributed by atoms with Crippen LogP contribution in [0.3, 0.4) is 0 Å². The van der Waals surface area contributed by atoms with E-state index >= 15 is 0 Å². The molecule has 0 unspecified atom stereocenters. The number of anilines is 1. The molecule has 0 aliphatic rings. The van der Waals surface area contributed by atoms with Crippen molar-refractivity contribution in [2.24, 2.45) is 0 Å². The van der Waals surface area contributed by atoms with Crippen molar-refractivity contribution in [3.63, 3.8) is 0 Å². The van der Waals surface area contributed by atoms with Crippen molar-refractivity contribution in [2.45, 2.75) is 25.4 Å². The van der Waals surface area contributed by atoms with Crippen LogP contribution in [0, 0.1) is 5.82 Å². The SMILES string of the molecule is CN(CCCN(CCCc1cnoc1-c1ccc(F)cc1)C(=O)C(F)(F)F)c1ccccc1. The Morgan fingerprint density at radius 2 is 1.64 bits per heavy atom. The van der Waals surface area contributed by atoms with Gasteiger partial charge in [0, 0.05) is 43.5 Å². The van der Waals surface area contributed by atoms with Crippen molar-refractivity contribution < 1.29 is 26.9 Å². The minimum atomic E-state index is -4.93. The van der Waals surface area contributed by atoms with Crippen LogP contribution in [-0.4, -0.2) is 48.8 Å². The number of para-hydroxylation sites is 1. The summed E-state index contributed by atoms with van der Waals surface area (Å²) in [7, 11) is 1.86.